The third-order valence-electron chi connectivity index (χ3n) is 4.83. The fourth-order valence-electron chi connectivity index (χ4n) is 3.31. The van der Waals surface area contributed by atoms with Gasteiger partial charge in [0.25, 0.3) is 5.91 Å². The van der Waals surface area contributed by atoms with Crippen LogP contribution in [0.4, 0.5) is 5.69 Å². The molecule has 7 heteroatoms. The van der Waals surface area contributed by atoms with E-state index in [0.29, 0.717) is 35.7 Å². The van der Waals surface area contributed by atoms with E-state index in [1.165, 1.54) is 12.0 Å². The van der Waals surface area contributed by atoms with Crippen LogP contribution in [0.1, 0.15) is 29.5 Å². The van der Waals surface area contributed by atoms with Crippen molar-refractivity contribution in [2.24, 2.45) is 0 Å². The van der Waals surface area contributed by atoms with E-state index < -0.39 is 0 Å². The number of hydrogen-bond acceptors (Lipinski definition) is 5. The second-order valence-corrected chi connectivity index (χ2v) is 6.89. The molecule has 0 fully saturated rings. The Hall–Kier alpha value is -3.48. The Morgan fingerprint density at radius 1 is 1.10 bits per heavy atom. The first-order valence-corrected chi connectivity index (χ1v) is 9.77. The number of nitrogens with one attached hydrogen (secondary N) is 1. The number of ether oxygens (including phenoxy) is 2. The average Bonchev–Trinajstić information content (AvgIpc) is 3.09. The van der Waals surface area contributed by atoms with E-state index in [1.54, 1.807) is 37.4 Å². The minimum atomic E-state index is -0.320. The molecule has 3 aromatic rings. The Labute approximate surface area is 175 Å². The molecule has 1 N–H and O–H groups in total. The van der Waals surface area contributed by atoms with E-state index in [1.807, 2.05) is 26.0 Å². The largest absolute Gasteiger partial charge is 0.497 e. The zero-order valence-corrected chi connectivity index (χ0v) is 17.7. The molecule has 0 aliphatic rings. The number of nitrogens with zero attached hydrogens (tertiary/aromatic N) is 1. The molecule has 30 heavy (non-hydrogen) atoms. The van der Waals surface area contributed by atoms with Crippen LogP contribution in [0.2, 0.25) is 0 Å². The SMILES string of the molecule is CCCN(CC(=O)Nc1ccccc1OC)C(=O)c1oc2ccc(OC)cc2c1C. The van der Waals surface area contributed by atoms with E-state index in [0.717, 1.165) is 10.9 Å². The molecular formula is C23H26N2O5. The molecule has 3 rings (SSSR count). The average molecular weight is 410 g/mol. The van der Waals surface area contributed by atoms with Gasteiger partial charge in [-0.2, -0.15) is 0 Å². The van der Waals surface area contributed by atoms with Gasteiger partial charge in [-0.3, -0.25) is 9.59 Å². The lowest BCUT2D eigenvalue weighted by atomic mass is 10.1. The van der Waals surface area contributed by atoms with Gasteiger partial charge in [0.2, 0.25) is 5.91 Å². The number of fused-ring (bicyclic) bond motifs is 1. The first-order valence-electron chi connectivity index (χ1n) is 9.77. The summed E-state index contributed by atoms with van der Waals surface area (Å²) in [4.78, 5) is 27.3. The number of carbonyl (C=O) groups excluding carboxylic acids is 2. The first kappa shape index (κ1) is 21.2. The summed E-state index contributed by atoms with van der Waals surface area (Å²) in [5, 5.41) is 3.62. The molecule has 0 aliphatic carbocycles. The maximum absolute atomic E-state index is 13.2. The van der Waals surface area contributed by atoms with Crippen LogP contribution >= 0.6 is 0 Å². The quantitative estimate of drug-likeness (QED) is 0.600. The monoisotopic (exact) mass is 410 g/mol. The van der Waals surface area contributed by atoms with Crippen LogP contribution in [-0.2, 0) is 4.79 Å². The zero-order valence-electron chi connectivity index (χ0n) is 17.7. The minimum absolute atomic E-state index is 0.0927. The van der Waals surface area contributed by atoms with Crippen LogP contribution in [0, 0.1) is 6.92 Å². The van der Waals surface area contributed by atoms with Crippen molar-refractivity contribution in [2.75, 3.05) is 32.6 Å². The van der Waals surface area contributed by atoms with Crippen molar-refractivity contribution >= 4 is 28.5 Å². The number of methoxy groups -OCH3 is 2. The highest BCUT2D eigenvalue weighted by Gasteiger charge is 2.25. The lowest BCUT2D eigenvalue weighted by molar-refractivity contribution is -0.116. The van der Waals surface area contributed by atoms with Crippen LogP contribution in [0.25, 0.3) is 11.0 Å². The molecule has 158 valence electrons. The predicted molar refractivity (Wildman–Crippen MR) is 115 cm³/mol. The van der Waals surface area contributed by atoms with Gasteiger partial charge in [-0.1, -0.05) is 19.1 Å². The first-order chi connectivity index (χ1) is 14.5. The number of benzene rings is 2. The van der Waals surface area contributed by atoms with Gasteiger partial charge in [-0.05, 0) is 43.7 Å². The second kappa shape index (κ2) is 9.35. The van der Waals surface area contributed by atoms with Crippen LogP contribution in [0.5, 0.6) is 11.5 Å². The number of furan rings is 1. The molecule has 0 saturated carbocycles. The summed E-state index contributed by atoms with van der Waals surface area (Å²) < 4.78 is 16.3. The number of rotatable bonds is 8. The number of hydrogen-bond donors (Lipinski definition) is 1. The van der Waals surface area contributed by atoms with Crippen molar-refractivity contribution in [1.29, 1.82) is 0 Å². The minimum Gasteiger partial charge on any atom is -0.497 e. The van der Waals surface area contributed by atoms with E-state index >= 15 is 0 Å². The molecule has 1 aromatic heterocycles. The smallest absolute Gasteiger partial charge is 0.290 e. The Kier molecular flexibility index (Phi) is 6.61. The van der Waals surface area contributed by atoms with E-state index in [2.05, 4.69) is 5.32 Å². The van der Waals surface area contributed by atoms with Gasteiger partial charge in [-0.15, -0.1) is 0 Å². The summed E-state index contributed by atoms with van der Waals surface area (Å²) in [6.07, 6.45) is 0.709. The topological polar surface area (TPSA) is 81.0 Å². The van der Waals surface area contributed by atoms with Crippen molar-refractivity contribution in [3.05, 3.63) is 53.8 Å². The molecule has 2 amide bonds. The van der Waals surface area contributed by atoms with Crippen LogP contribution in [0.15, 0.2) is 46.9 Å². The number of carbonyl (C=O) groups is 2. The van der Waals surface area contributed by atoms with E-state index in [4.69, 9.17) is 13.9 Å². The standard InChI is InChI=1S/C23H26N2O5/c1-5-12-25(14-21(26)24-18-8-6-7-9-20(18)29-4)23(27)22-15(2)17-13-16(28-3)10-11-19(17)30-22/h6-11,13H,5,12,14H2,1-4H3,(H,24,26). The highest BCUT2D eigenvalue weighted by molar-refractivity contribution is 6.02. The normalized spacial score (nSPS) is 10.7. The zero-order chi connectivity index (χ0) is 21.7. The summed E-state index contributed by atoms with van der Waals surface area (Å²) in [5.41, 5.74) is 1.88. The van der Waals surface area contributed by atoms with Gasteiger partial charge in [0, 0.05) is 17.5 Å². The highest BCUT2D eigenvalue weighted by Crippen LogP contribution is 2.29. The van der Waals surface area contributed by atoms with Crippen molar-refractivity contribution in [3.8, 4) is 11.5 Å². The van der Waals surface area contributed by atoms with E-state index in [-0.39, 0.29) is 24.1 Å². The molecule has 1 heterocycles. The lowest BCUT2D eigenvalue weighted by Crippen LogP contribution is -2.38. The van der Waals surface area contributed by atoms with Gasteiger partial charge < -0.3 is 24.1 Å². The fourth-order valence-corrected chi connectivity index (χ4v) is 3.31. The third-order valence-corrected chi connectivity index (χ3v) is 4.83. The number of anilines is 1. The Bertz CT molecular complexity index is 1060. The lowest BCUT2D eigenvalue weighted by Gasteiger charge is -2.21. The van der Waals surface area contributed by atoms with Crippen molar-refractivity contribution < 1.29 is 23.5 Å². The van der Waals surface area contributed by atoms with Gasteiger partial charge >= 0.3 is 0 Å². The summed E-state index contributed by atoms with van der Waals surface area (Å²) in [6.45, 7) is 4.12. The van der Waals surface area contributed by atoms with Crippen molar-refractivity contribution in [1.82, 2.24) is 4.90 Å². The maximum Gasteiger partial charge on any atom is 0.290 e. The van der Waals surface area contributed by atoms with Crippen LogP contribution < -0.4 is 14.8 Å². The number of aryl methyl sites for hydroxylation is 1. The van der Waals surface area contributed by atoms with Gasteiger partial charge in [0.15, 0.2) is 5.76 Å². The molecule has 0 spiro atoms. The Morgan fingerprint density at radius 3 is 2.57 bits per heavy atom. The molecule has 0 saturated heterocycles. The second-order valence-electron chi connectivity index (χ2n) is 6.89. The molecule has 2 aromatic carbocycles. The predicted octanol–water partition coefficient (Wildman–Crippen LogP) is 4.25. The molecule has 0 atom stereocenters. The molecule has 0 bridgehead atoms. The molecular weight excluding hydrogens is 384 g/mol. The third kappa shape index (κ3) is 4.40. The number of para-hydroxylation sites is 2. The van der Waals surface area contributed by atoms with Gasteiger partial charge in [-0.25, -0.2) is 0 Å². The molecule has 0 aliphatic heterocycles. The van der Waals surface area contributed by atoms with Crippen LogP contribution in [-0.4, -0.2) is 44.0 Å². The molecule has 7 nitrogen and oxygen atoms in total. The molecule has 0 radical (unpaired) electrons. The Balaban J connectivity index is 1.82. The van der Waals surface area contributed by atoms with Crippen molar-refractivity contribution in [3.63, 3.8) is 0 Å². The molecule has 0 unspecified atom stereocenters. The van der Waals surface area contributed by atoms with E-state index in [9.17, 15) is 9.59 Å². The maximum atomic E-state index is 13.2. The number of amides is 2. The summed E-state index contributed by atoms with van der Waals surface area (Å²) in [5.74, 6) is 0.849. The van der Waals surface area contributed by atoms with Gasteiger partial charge in [0.1, 0.15) is 23.6 Å². The summed E-state index contributed by atoms with van der Waals surface area (Å²) in [6, 6.07) is 12.5. The highest BCUT2D eigenvalue weighted by atomic mass is 16.5. The van der Waals surface area contributed by atoms with Crippen molar-refractivity contribution in [2.45, 2.75) is 20.3 Å². The summed E-state index contributed by atoms with van der Waals surface area (Å²) in [7, 11) is 3.13. The van der Waals surface area contributed by atoms with Crippen LogP contribution in [0.3, 0.4) is 0 Å². The Morgan fingerprint density at radius 2 is 1.87 bits per heavy atom. The van der Waals surface area contributed by atoms with Gasteiger partial charge in [0.05, 0.1) is 19.9 Å². The summed E-state index contributed by atoms with van der Waals surface area (Å²) >= 11 is 0. The fraction of sp³-hybridized carbons (Fsp3) is 0.304.